The molecule has 0 bridgehead atoms. The van der Waals surface area contributed by atoms with Gasteiger partial charge in [-0.25, -0.2) is 13.2 Å². The fourth-order valence-electron chi connectivity index (χ4n) is 2.88. The molecule has 1 atom stereocenters. The predicted octanol–water partition coefficient (Wildman–Crippen LogP) is 1.02. The summed E-state index contributed by atoms with van der Waals surface area (Å²) in [5.41, 5.74) is 0. The van der Waals surface area contributed by atoms with Crippen molar-refractivity contribution < 1.29 is 22.7 Å². The minimum Gasteiger partial charge on any atom is -0.494 e. The van der Waals surface area contributed by atoms with Crippen molar-refractivity contribution in [2.75, 3.05) is 39.3 Å². The van der Waals surface area contributed by atoms with Gasteiger partial charge in [-0.05, 0) is 44.5 Å². The number of carbonyl (C=O) groups excluding carboxylic acids is 2. The van der Waals surface area contributed by atoms with E-state index in [0.29, 0.717) is 25.4 Å². The minimum atomic E-state index is -3.59. The summed E-state index contributed by atoms with van der Waals surface area (Å²) < 4.78 is 32.3. The second kappa shape index (κ2) is 10.6. The molecule has 1 aromatic carbocycles. The number of benzene rings is 1. The van der Waals surface area contributed by atoms with Gasteiger partial charge in [-0.15, -0.1) is 0 Å². The van der Waals surface area contributed by atoms with Crippen molar-refractivity contribution in [2.24, 2.45) is 0 Å². The van der Waals surface area contributed by atoms with E-state index in [4.69, 9.17) is 4.74 Å². The third-order valence-corrected chi connectivity index (χ3v) is 6.63. The Hall–Kier alpha value is -2.17. The number of nitrogens with one attached hydrogen (secondary N) is 2. The molecule has 9 nitrogen and oxygen atoms in total. The van der Waals surface area contributed by atoms with Crippen LogP contribution in [-0.4, -0.2) is 74.9 Å². The van der Waals surface area contributed by atoms with Crippen molar-refractivity contribution in [3.8, 4) is 5.75 Å². The molecular weight excluding hydrogens is 396 g/mol. The lowest BCUT2D eigenvalue weighted by Crippen LogP contribution is -2.52. The van der Waals surface area contributed by atoms with Crippen LogP contribution >= 0.6 is 0 Å². The highest BCUT2D eigenvalue weighted by molar-refractivity contribution is 7.89. The zero-order valence-electron chi connectivity index (χ0n) is 17.2. The maximum Gasteiger partial charge on any atom is 0.321 e. The van der Waals surface area contributed by atoms with E-state index in [0.717, 1.165) is 6.42 Å². The lowest BCUT2D eigenvalue weighted by Gasteiger charge is -2.33. The van der Waals surface area contributed by atoms with Crippen molar-refractivity contribution in [1.82, 2.24) is 19.8 Å². The zero-order chi connectivity index (χ0) is 21.4. The Balaban J connectivity index is 1.84. The topological polar surface area (TPSA) is 108 Å². The monoisotopic (exact) mass is 426 g/mol. The van der Waals surface area contributed by atoms with Gasteiger partial charge in [0.1, 0.15) is 5.75 Å². The van der Waals surface area contributed by atoms with Crippen LogP contribution in [-0.2, 0) is 14.8 Å². The molecule has 1 aromatic rings. The number of ether oxygens (including phenoxy) is 1. The molecule has 0 spiro atoms. The Morgan fingerprint density at radius 2 is 1.72 bits per heavy atom. The number of hydrogen-bond acceptors (Lipinski definition) is 6. The van der Waals surface area contributed by atoms with Gasteiger partial charge in [0.2, 0.25) is 15.9 Å². The second-order valence-electron chi connectivity index (χ2n) is 6.92. The Bertz CT molecular complexity index is 789. The number of sulfonamides is 1. The van der Waals surface area contributed by atoms with E-state index >= 15 is 0 Å². The SMILES string of the molecule is CCOc1ccc(S(=O)(=O)N2CCN(CC(=O)NC(=O)N[C@H](C)CC)CC2)cc1. The van der Waals surface area contributed by atoms with E-state index < -0.39 is 22.0 Å². The molecule has 0 radical (unpaired) electrons. The van der Waals surface area contributed by atoms with Crippen LogP contribution in [0.15, 0.2) is 29.2 Å². The first-order valence-corrected chi connectivity index (χ1v) is 11.3. The van der Waals surface area contributed by atoms with Gasteiger partial charge in [-0.2, -0.15) is 4.31 Å². The molecule has 1 aliphatic rings. The molecule has 0 aliphatic carbocycles. The summed E-state index contributed by atoms with van der Waals surface area (Å²) in [6, 6.07) is 5.83. The van der Waals surface area contributed by atoms with Crippen LogP contribution in [0.25, 0.3) is 0 Å². The van der Waals surface area contributed by atoms with Crippen LogP contribution in [0.3, 0.4) is 0 Å². The molecule has 0 saturated carbocycles. The first-order valence-electron chi connectivity index (χ1n) is 9.82. The van der Waals surface area contributed by atoms with Gasteiger partial charge in [0.05, 0.1) is 18.0 Å². The Labute approximate surface area is 172 Å². The van der Waals surface area contributed by atoms with Crippen LogP contribution in [0.1, 0.15) is 27.2 Å². The summed E-state index contributed by atoms with van der Waals surface area (Å²) in [6.07, 6.45) is 0.770. The van der Waals surface area contributed by atoms with Crippen molar-refractivity contribution >= 4 is 22.0 Å². The lowest BCUT2D eigenvalue weighted by atomic mass is 10.3. The third kappa shape index (κ3) is 6.69. The minimum absolute atomic E-state index is 0.0147. The summed E-state index contributed by atoms with van der Waals surface area (Å²) in [5.74, 6) is 0.216. The molecule has 10 heteroatoms. The summed E-state index contributed by atoms with van der Waals surface area (Å²) in [7, 11) is -3.59. The lowest BCUT2D eigenvalue weighted by molar-refractivity contribution is -0.121. The normalized spacial score (nSPS) is 16.8. The summed E-state index contributed by atoms with van der Waals surface area (Å²) >= 11 is 0. The van der Waals surface area contributed by atoms with Crippen LogP contribution in [0.5, 0.6) is 5.75 Å². The van der Waals surface area contributed by atoms with Crippen LogP contribution in [0, 0.1) is 0 Å². The predicted molar refractivity (Wildman–Crippen MR) is 109 cm³/mol. The Kier molecular flexibility index (Phi) is 8.42. The zero-order valence-corrected chi connectivity index (χ0v) is 18.0. The number of nitrogens with zero attached hydrogens (tertiary/aromatic N) is 2. The van der Waals surface area contributed by atoms with Gasteiger partial charge in [0, 0.05) is 32.2 Å². The highest BCUT2D eigenvalue weighted by atomic mass is 32.2. The molecule has 2 N–H and O–H groups in total. The number of urea groups is 1. The first kappa shape index (κ1) is 23.1. The molecule has 2 rings (SSSR count). The largest absolute Gasteiger partial charge is 0.494 e. The average molecular weight is 427 g/mol. The van der Waals surface area contributed by atoms with E-state index in [-0.39, 0.29) is 30.6 Å². The average Bonchev–Trinajstić information content (AvgIpc) is 2.68. The van der Waals surface area contributed by atoms with Crippen LogP contribution in [0.2, 0.25) is 0 Å². The molecule has 0 unspecified atom stereocenters. The smallest absolute Gasteiger partial charge is 0.321 e. The first-order chi connectivity index (χ1) is 13.8. The molecule has 0 aromatic heterocycles. The number of piperazine rings is 1. The standard InChI is InChI=1S/C19H30N4O5S/c1-4-15(3)20-19(25)21-18(24)14-22-10-12-23(13-11-22)29(26,27)17-8-6-16(7-9-17)28-5-2/h6-9,15H,4-5,10-14H2,1-3H3,(H2,20,21,24,25)/t15-/m1/s1. The van der Waals surface area contributed by atoms with Gasteiger partial charge in [-0.3, -0.25) is 15.0 Å². The van der Waals surface area contributed by atoms with E-state index in [2.05, 4.69) is 10.6 Å². The van der Waals surface area contributed by atoms with Gasteiger partial charge in [0.25, 0.3) is 0 Å². The highest BCUT2D eigenvalue weighted by Crippen LogP contribution is 2.20. The van der Waals surface area contributed by atoms with E-state index in [1.807, 2.05) is 25.7 Å². The number of hydrogen-bond donors (Lipinski definition) is 2. The molecular formula is C19H30N4O5S. The molecule has 3 amide bonds. The van der Waals surface area contributed by atoms with Crippen LogP contribution < -0.4 is 15.4 Å². The number of imide groups is 1. The van der Waals surface area contributed by atoms with E-state index in [1.165, 1.54) is 16.4 Å². The molecule has 29 heavy (non-hydrogen) atoms. The van der Waals surface area contributed by atoms with Crippen molar-refractivity contribution in [3.05, 3.63) is 24.3 Å². The summed E-state index contributed by atoms with van der Waals surface area (Å²) in [6.45, 7) is 7.60. The fraction of sp³-hybridized carbons (Fsp3) is 0.579. The second-order valence-corrected chi connectivity index (χ2v) is 8.85. The maximum atomic E-state index is 12.8. The molecule has 1 fully saturated rings. The Morgan fingerprint density at radius 1 is 1.10 bits per heavy atom. The van der Waals surface area contributed by atoms with Gasteiger partial charge >= 0.3 is 6.03 Å². The molecule has 1 heterocycles. The van der Waals surface area contributed by atoms with Gasteiger partial charge in [-0.1, -0.05) is 6.92 Å². The molecule has 1 aliphatic heterocycles. The van der Waals surface area contributed by atoms with Gasteiger partial charge < -0.3 is 10.1 Å². The van der Waals surface area contributed by atoms with E-state index in [1.54, 1.807) is 12.1 Å². The van der Waals surface area contributed by atoms with Crippen molar-refractivity contribution in [2.45, 2.75) is 38.1 Å². The number of carbonyl (C=O) groups is 2. The quantitative estimate of drug-likeness (QED) is 0.643. The highest BCUT2D eigenvalue weighted by Gasteiger charge is 2.29. The van der Waals surface area contributed by atoms with Crippen LogP contribution in [0.4, 0.5) is 4.79 Å². The number of amides is 3. The molecule has 162 valence electrons. The van der Waals surface area contributed by atoms with Gasteiger partial charge in [0.15, 0.2) is 0 Å². The number of rotatable bonds is 8. The maximum absolute atomic E-state index is 12.8. The molecule has 1 saturated heterocycles. The van der Waals surface area contributed by atoms with Crippen molar-refractivity contribution in [3.63, 3.8) is 0 Å². The van der Waals surface area contributed by atoms with Crippen molar-refractivity contribution in [1.29, 1.82) is 0 Å². The third-order valence-electron chi connectivity index (χ3n) is 4.71. The van der Waals surface area contributed by atoms with E-state index in [9.17, 15) is 18.0 Å². The fourth-order valence-corrected chi connectivity index (χ4v) is 4.30. The summed E-state index contributed by atoms with van der Waals surface area (Å²) in [5, 5.41) is 4.97. The Morgan fingerprint density at radius 3 is 2.28 bits per heavy atom. The summed E-state index contributed by atoms with van der Waals surface area (Å²) in [4.78, 5) is 25.8.